The summed E-state index contributed by atoms with van der Waals surface area (Å²) in [6.07, 6.45) is 6.59. The van der Waals surface area contributed by atoms with Crippen molar-refractivity contribution in [1.82, 2.24) is 5.48 Å². The number of nitrogens with one attached hydrogen (secondary N) is 1. The largest absolute Gasteiger partial charge is 0.393 e. The van der Waals surface area contributed by atoms with Gasteiger partial charge in [-0.15, -0.1) is 0 Å². The molecule has 0 radical (unpaired) electrons. The molecule has 5 heteroatoms. The normalized spacial score (nSPS) is 30.4. The number of rotatable bonds is 7. The van der Waals surface area contributed by atoms with Crippen LogP contribution in [0.3, 0.4) is 0 Å². The van der Waals surface area contributed by atoms with Gasteiger partial charge in [-0.2, -0.15) is 0 Å². The lowest BCUT2D eigenvalue weighted by atomic mass is 9.56. The number of benzene rings is 1. The number of aliphatic hydroxyl groups excluding tert-OH is 1. The lowest BCUT2D eigenvalue weighted by Gasteiger charge is -2.53. The van der Waals surface area contributed by atoms with Gasteiger partial charge in [-0.3, -0.25) is 10.0 Å². The fourth-order valence-electron chi connectivity index (χ4n) is 5.29. The summed E-state index contributed by atoms with van der Waals surface area (Å²) in [7, 11) is 0. The molecule has 0 aromatic heterocycles. The summed E-state index contributed by atoms with van der Waals surface area (Å²) >= 11 is 0. The molecule has 2 saturated carbocycles. The molecular weight excluding hydrogens is 330 g/mol. The summed E-state index contributed by atoms with van der Waals surface area (Å²) in [5, 5.41) is 31.4. The molecule has 2 aliphatic rings. The van der Waals surface area contributed by atoms with Crippen molar-refractivity contribution in [3.63, 3.8) is 0 Å². The van der Waals surface area contributed by atoms with Crippen molar-refractivity contribution in [3.8, 4) is 0 Å². The van der Waals surface area contributed by atoms with Crippen molar-refractivity contribution in [2.75, 3.05) is 0 Å². The second-order valence-corrected chi connectivity index (χ2v) is 8.09. The Morgan fingerprint density at radius 3 is 2.23 bits per heavy atom. The molecule has 2 aliphatic carbocycles. The Morgan fingerprint density at radius 1 is 1.12 bits per heavy atom. The van der Waals surface area contributed by atoms with Gasteiger partial charge in [-0.1, -0.05) is 43.2 Å². The molecular formula is C21H31NO4. The fraction of sp³-hybridized carbons (Fsp3) is 0.667. The van der Waals surface area contributed by atoms with Gasteiger partial charge in [-0.05, 0) is 62.3 Å². The first-order valence-electron chi connectivity index (χ1n) is 9.94. The van der Waals surface area contributed by atoms with E-state index in [1.54, 1.807) is 5.48 Å². The van der Waals surface area contributed by atoms with E-state index in [1.807, 2.05) is 30.3 Å². The maximum Gasteiger partial charge on any atom is 0.249 e. The van der Waals surface area contributed by atoms with Crippen LogP contribution < -0.4 is 5.48 Å². The van der Waals surface area contributed by atoms with E-state index in [2.05, 4.69) is 0 Å². The van der Waals surface area contributed by atoms with Crippen molar-refractivity contribution in [1.29, 1.82) is 0 Å². The SMILES string of the molecule is O=C(NO)[C@@H](C[C@@H](O)CCc1ccccc1)C1(O)C2CCCC1CCC2. The summed E-state index contributed by atoms with van der Waals surface area (Å²) in [4.78, 5) is 12.4. The number of aryl methyl sites for hydroxylation is 1. The molecule has 0 spiro atoms. The Morgan fingerprint density at radius 2 is 1.69 bits per heavy atom. The van der Waals surface area contributed by atoms with Gasteiger partial charge in [0, 0.05) is 0 Å². The number of carbonyl (C=O) groups is 1. The van der Waals surface area contributed by atoms with Crippen molar-refractivity contribution in [3.05, 3.63) is 35.9 Å². The molecule has 26 heavy (non-hydrogen) atoms. The summed E-state index contributed by atoms with van der Waals surface area (Å²) in [6.45, 7) is 0. The van der Waals surface area contributed by atoms with Crippen LogP contribution >= 0.6 is 0 Å². The van der Waals surface area contributed by atoms with Gasteiger partial charge >= 0.3 is 0 Å². The number of hydrogen-bond donors (Lipinski definition) is 4. The van der Waals surface area contributed by atoms with E-state index in [1.165, 1.54) is 0 Å². The highest BCUT2D eigenvalue weighted by Crippen LogP contribution is 2.52. The summed E-state index contributed by atoms with van der Waals surface area (Å²) < 4.78 is 0. The standard InChI is InChI=1S/C21H31NO4/c23-18(13-12-15-6-2-1-3-7-15)14-19(20(24)22-26)21(25)16-8-4-9-17(21)11-5-10-16/h1-3,6-7,16-19,23,25-26H,4-5,8-14H2,(H,22,24)/t16?,17?,18-,19+,21?/m0/s1. The topological polar surface area (TPSA) is 89.8 Å². The number of hydrogen-bond acceptors (Lipinski definition) is 4. The Bertz CT molecular complexity index is 569. The van der Waals surface area contributed by atoms with Gasteiger partial charge in [0.1, 0.15) is 0 Å². The van der Waals surface area contributed by atoms with E-state index in [4.69, 9.17) is 0 Å². The molecule has 144 valence electrons. The minimum Gasteiger partial charge on any atom is -0.393 e. The number of carbonyl (C=O) groups excluding carboxylic acids is 1. The van der Waals surface area contributed by atoms with Gasteiger partial charge in [0.05, 0.1) is 17.6 Å². The van der Waals surface area contributed by atoms with E-state index in [-0.39, 0.29) is 18.3 Å². The van der Waals surface area contributed by atoms with Gasteiger partial charge in [-0.25, -0.2) is 5.48 Å². The molecule has 0 aliphatic heterocycles. The van der Waals surface area contributed by atoms with Crippen molar-refractivity contribution < 1.29 is 20.2 Å². The minimum absolute atomic E-state index is 0.0821. The molecule has 2 fully saturated rings. The van der Waals surface area contributed by atoms with Gasteiger partial charge in [0.2, 0.25) is 5.91 Å². The highest BCUT2D eigenvalue weighted by atomic mass is 16.5. The minimum atomic E-state index is -1.11. The highest BCUT2D eigenvalue weighted by molar-refractivity contribution is 5.79. The molecule has 0 saturated heterocycles. The summed E-state index contributed by atoms with van der Waals surface area (Å²) in [5.74, 6) is -1.17. The maximum absolute atomic E-state index is 12.4. The molecule has 1 aromatic carbocycles. The smallest absolute Gasteiger partial charge is 0.249 e. The lowest BCUT2D eigenvalue weighted by molar-refractivity contribution is -0.180. The third-order valence-electron chi connectivity index (χ3n) is 6.62. The third kappa shape index (κ3) is 3.95. The van der Waals surface area contributed by atoms with E-state index < -0.39 is 23.5 Å². The maximum atomic E-state index is 12.4. The number of aliphatic hydroxyl groups is 2. The molecule has 4 N–H and O–H groups in total. The van der Waals surface area contributed by atoms with E-state index in [9.17, 15) is 20.2 Å². The Hall–Kier alpha value is -1.43. The van der Waals surface area contributed by atoms with Gasteiger partial charge in [0.15, 0.2) is 0 Å². The zero-order chi connectivity index (χ0) is 18.6. The average molecular weight is 361 g/mol. The first kappa shape index (κ1) is 19.3. The summed E-state index contributed by atoms with van der Waals surface area (Å²) in [6, 6.07) is 9.93. The Kier molecular flexibility index (Phi) is 6.33. The average Bonchev–Trinajstić information content (AvgIpc) is 2.64. The van der Waals surface area contributed by atoms with Gasteiger partial charge < -0.3 is 10.2 Å². The summed E-state index contributed by atoms with van der Waals surface area (Å²) in [5.41, 5.74) is 1.77. The van der Waals surface area contributed by atoms with Crippen molar-refractivity contribution in [2.24, 2.45) is 17.8 Å². The molecule has 1 amide bonds. The van der Waals surface area contributed by atoms with Crippen molar-refractivity contribution in [2.45, 2.75) is 69.5 Å². The van der Waals surface area contributed by atoms with Gasteiger partial charge in [0.25, 0.3) is 0 Å². The highest BCUT2D eigenvalue weighted by Gasteiger charge is 2.55. The molecule has 5 nitrogen and oxygen atoms in total. The Balaban J connectivity index is 1.70. The number of hydroxylamine groups is 1. The molecule has 1 aromatic rings. The molecule has 2 bridgehead atoms. The first-order chi connectivity index (χ1) is 12.6. The van der Waals surface area contributed by atoms with Crippen LogP contribution in [0.25, 0.3) is 0 Å². The van der Waals surface area contributed by atoms with Crippen molar-refractivity contribution >= 4 is 5.91 Å². The van der Waals surface area contributed by atoms with Crippen LogP contribution in [-0.2, 0) is 11.2 Å². The Labute approximate surface area is 155 Å². The second kappa shape index (κ2) is 8.51. The fourth-order valence-corrected chi connectivity index (χ4v) is 5.29. The van der Waals surface area contributed by atoms with Crippen LogP contribution in [0.15, 0.2) is 30.3 Å². The number of fused-ring (bicyclic) bond motifs is 2. The van der Waals surface area contributed by atoms with E-state index in [0.29, 0.717) is 6.42 Å². The van der Waals surface area contributed by atoms with E-state index >= 15 is 0 Å². The number of amides is 1. The van der Waals surface area contributed by atoms with Crippen LogP contribution in [0.1, 0.15) is 56.9 Å². The van der Waals surface area contributed by atoms with Crippen LogP contribution in [0, 0.1) is 17.8 Å². The van der Waals surface area contributed by atoms with Crippen LogP contribution in [0.5, 0.6) is 0 Å². The predicted molar refractivity (Wildman–Crippen MR) is 98.4 cm³/mol. The molecule has 2 atom stereocenters. The monoisotopic (exact) mass is 361 g/mol. The zero-order valence-corrected chi connectivity index (χ0v) is 15.3. The second-order valence-electron chi connectivity index (χ2n) is 8.09. The van der Waals surface area contributed by atoms with Crippen LogP contribution in [-0.4, -0.2) is 33.0 Å². The van der Waals surface area contributed by atoms with E-state index in [0.717, 1.165) is 50.5 Å². The third-order valence-corrected chi connectivity index (χ3v) is 6.62. The first-order valence-corrected chi connectivity index (χ1v) is 9.94. The lowest BCUT2D eigenvalue weighted by Crippen LogP contribution is -2.59. The van der Waals surface area contributed by atoms with Crippen LogP contribution in [0.4, 0.5) is 0 Å². The quantitative estimate of drug-likeness (QED) is 0.444. The molecule has 0 unspecified atom stereocenters. The zero-order valence-electron chi connectivity index (χ0n) is 15.3. The molecule has 3 rings (SSSR count). The predicted octanol–water partition coefficient (Wildman–Crippen LogP) is 2.82. The molecule has 0 heterocycles. The van der Waals surface area contributed by atoms with Crippen LogP contribution in [0.2, 0.25) is 0 Å².